The monoisotopic (exact) mass is 618 g/mol. The number of piperidine rings is 1. The van der Waals surface area contributed by atoms with Crippen LogP contribution < -0.4 is 11.1 Å². The minimum atomic E-state index is 0.213. The molecule has 0 unspecified atom stereocenters. The molecule has 1 saturated heterocycles. The maximum atomic E-state index is 11.8. The van der Waals surface area contributed by atoms with E-state index in [1.165, 1.54) is 11.1 Å². The van der Waals surface area contributed by atoms with Crippen LogP contribution in [0.5, 0.6) is 0 Å². The maximum absolute atomic E-state index is 11.8. The zero-order chi connectivity index (χ0) is 30.7. The number of nitrogen functional groups attached to an aromatic ring is 1. The molecule has 1 aliphatic rings. The van der Waals surface area contributed by atoms with Crippen molar-refractivity contribution >= 4 is 45.9 Å². The van der Waals surface area contributed by atoms with Crippen LogP contribution in [0.2, 0.25) is 0 Å². The minimum Gasteiger partial charge on any atom is -0.398 e. The lowest BCUT2D eigenvalue weighted by Crippen LogP contribution is -2.46. The molecule has 7 nitrogen and oxygen atoms in total. The molecule has 0 aliphatic carbocycles. The number of nitrogens with two attached hydrogens (primary N) is 1. The van der Waals surface area contributed by atoms with Crippen LogP contribution in [0, 0.1) is 6.92 Å². The molecule has 224 valence electrons. The van der Waals surface area contributed by atoms with Gasteiger partial charge in [0.15, 0.2) is 0 Å². The lowest BCUT2D eigenvalue weighted by molar-refractivity contribution is -0.132. The third-order valence-corrected chi connectivity index (χ3v) is 7.30. The molecule has 0 atom stereocenters. The first-order chi connectivity index (χ1) is 19.3. The zero-order valence-electron chi connectivity index (χ0n) is 25.9. The molecule has 2 amide bonds. The molecule has 0 radical (unpaired) electrons. The highest BCUT2D eigenvalue weighted by Gasteiger charge is 2.25. The van der Waals surface area contributed by atoms with Gasteiger partial charge in [-0.3, -0.25) is 14.4 Å². The van der Waals surface area contributed by atoms with Gasteiger partial charge in [0.25, 0.3) is 0 Å². The second-order valence-electron chi connectivity index (χ2n) is 9.02. The van der Waals surface area contributed by atoms with E-state index in [0.29, 0.717) is 18.5 Å². The summed E-state index contributed by atoms with van der Waals surface area (Å²) >= 11 is 3.29. The predicted molar refractivity (Wildman–Crippen MR) is 173 cm³/mol. The summed E-state index contributed by atoms with van der Waals surface area (Å²) in [5.41, 5.74) is 11.7. The summed E-state index contributed by atoms with van der Waals surface area (Å²) in [6.45, 7) is 16.2. The lowest BCUT2D eigenvalue weighted by atomic mass is 10.0. The van der Waals surface area contributed by atoms with Crippen molar-refractivity contribution in [3.63, 3.8) is 0 Å². The van der Waals surface area contributed by atoms with Crippen LogP contribution in [0.3, 0.4) is 0 Å². The van der Waals surface area contributed by atoms with E-state index in [4.69, 9.17) is 5.73 Å². The number of nitrogens with one attached hydrogen (secondary N) is 1. The Morgan fingerprint density at radius 3 is 2.20 bits per heavy atom. The molecule has 1 fully saturated rings. The number of anilines is 2. The van der Waals surface area contributed by atoms with E-state index < -0.39 is 0 Å². The van der Waals surface area contributed by atoms with Crippen molar-refractivity contribution in [1.29, 1.82) is 0 Å². The highest BCUT2D eigenvalue weighted by Crippen LogP contribution is 2.25. The highest BCUT2D eigenvalue weighted by atomic mass is 79.9. The van der Waals surface area contributed by atoms with E-state index in [1.807, 2.05) is 64.5 Å². The van der Waals surface area contributed by atoms with Gasteiger partial charge >= 0.3 is 0 Å². The summed E-state index contributed by atoms with van der Waals surface area (Å²) < 4.78 is 0.795. The van der Waals surface area contributed by atoms with Gasteiger partial charge in [-0.15, -0.1) is 0 Å². The number of benzene rings is 2. The molecule has 0 saturated carbocycles. The van der Waals surface area contributed by atoms with Crippen LogP contribution in [0.4, 0.5) is 11.4 Å². The summed E-state index contributed by atoms with van der Waals surface area (Å²) in [6.07, 6.45) is 5.77. The van der Waals surface area contributed by atoms with Gasteiger partial charge in [-0.1, -0.05) is 59.2 Å². The number of rotatable bonds is 9. The van der Waals surface area contributed by atoms with Crippen LogP contribution in [0.15, 0.2) is 34.8 Å². The molecule has 0 bridgehead atoms. The maximum Gasteiger partial charge on any atom is 0.222 e. The van der Waals surface area contributed by atoms with Crippen LogP contribution in [-0.4, -0.2) is 61.1 Å². The van der Waals surface area contributed by atoms with Gasteiger partial charge in [0.05, 0.1) is 0 Å². The lowest BCUT2D eigenvalue weighted by Gasteiger charge is -2.37. The summed E-state index contributed by atoms with van der Waals surface area (Å²) in [4.78, 5) is 37.6. The van der Waals surface area contributed by atoms with Crippen molar-refractivity contribution in [1.82, 2.24) is 9.80 Å². The second-order valence-corrected chi connectivity index (χ2v) is 9.87. The first kappa shape index (κ1) is 37.1. The SMILES string of the molecule is CC.CC.CCC(=O)N1CCC(N(C=O)CCc2cc(C)ccc2NC)CC1.CCc1cc(C=O)cc(Br)c1N. The smallest absolute Gasteiger partial charge is 0.222 e. The van der Waals surface area contributed by atoms with E-state index in [2.05, 4.69) is 46.4 Å². The number of likely N-dealkylation sites (tertiary alicyclic amines) is 1. The van der Waals surface area contributed by atoms with E-state index >= 15 is 0 Å². The van der Waals surface area contributed by atoms with Gasteiger partial charge in [0.2, 0.25) is 12.3 Å². The predicted octanol–water partition coefficient (Wildman–Crippen LogP) is 6.90. The topological polar surface area (TPSA) is 95.7 Å². The Morgan fingerprint density at radius 1 is 1.07 bits per heavy atom. The molecule has 8 heteroatoms. The van der Waals surface area contributed by atoms with Gasteiger partial charge in [0.1, 0.15) is 6.29 Å². The zero-order valence-corrected chi connectivity index (χ0v) is 27.4. The molecule has 0 spiro atoms. The Kier molecular flexibility index (Phi) is 19.5. The number of hydrogen-bond donors (Lipinski definition) is 2. The summed E-state index contributed by atoms with van der Waals surface area (Å²) in [5, 5.41) is 3.22. The van der Waals surface area contributed by atoms with Crippen LogP contribution >= 0.6 is 15.9 Å². The molecule has 3 rings (SSSR count). The minimum absolute atomic E-state index is 0.213. The molecule has 2 aromatic rings. The fourth-order valence-electron chi connectivity index (χ4n) is 4.47. The van der Waals surface area contributed by atoms with E-state index in [-0.39, 0.29) is 11.9 Å². The number of halogens is 1. The average molecular weight is 620 g/mol. The van der Waals surface area contributed by atoms with Crippen molar-refractivity contribution in [3.05, 3.63) is 57.1 Å². The molecule has 1 aliphatic heterocycles. The van der Waals surface area contributed by atoms with E-state index in [0.717, 1.165) is 72.9 Å². The van der Waals surface area contributed by atoms with Crippen LogP contribution in [-0.2, 0) is 22.4 Å². The summed E-state index contributed by atoms with van der Waals surface area (Å²) in [6, 6.07) is 10.1. The third-order valence-electron chi connectivity index (χ3n) is 6.65. The molecular weight excluding hydrogens is 568 g/mol. The first-order valence-electron chi connectivity index (χ1n) is 14.6. The Bertz CT molecular complexity index is 1040. The molecule has 2 aromatic carbocycles. The Hall–Kier alpha value is -2.87. The van der Waals surface area contributed by atoms with E-state index in [9.17, 15) is 14.4 Å². The molecule has 1 heterocycles. The molecular formula is C32H51BrN4O3. The van der Waals surface area contributed by atoms with Gasteiger partial charge < -0.3 is 20.9 Å². The van der Waals surface area contributed by atoms with Crippen molar-refractivity contribution in [2.24, 2.45) is 0 Å². The first-order valence-corrected chi connectivity index (χ1v) is 15.4. The standard InChI is InChI=1S/C19H29N3O2.C9H10BrNO.2C2H6/c1-4-19(24)21-11-8-17(9-12-21)22(14-23)10-7-16-13-15(2)5-6-18(16)20-3;1-2-7-3-6(5-12)4-8(10)9(7)11;2*1-2/h5-6,13-14,17,20H,4,7-12H2,1-3H3;3-5H,2,11H2,1H3;2*1-2H3. The van der Waals surface area contributed by atoms with Crippen LogP contribution in [0.25, 0.3) is 0 Å². The normalized spacial score (nSPS) is 12.4. The van der Waals surface area contributed by atoms with Gasteiger partial charge in [-0.2, -0.15) is 0 Å². The molecule has 3 N–H and O–H groups in total. The van der Waals surface area contributed by atoms with Gasteiger partial charge in [0, 0.05) is 60.6 Å². The quantitative estimate of drug-likeness (QED) is 0.235. The molecule has 40 heavy (non-hydrogen) atoms. The Labute approximate surface area is 251 Å². The van der Waals surface area contributed by atoms with Crippen molar-refractivity contribution in [2.45, 2.75) is 86.6 Å². The van der Waals surface area contributed by atoms with Gasteiger partial charge in [-0.05, 0) is 77.9 Å². The fraction of sp³-hybridized carbons (Fsp3) is 0.531. The van der Waals surface area contributed by atoms with Gasteiger partial charge in [-0.25, -0.2) is 0 Å². The van der Waals surface area contributed by atoms with E-state index in [1.54, 1.807) is 6.07 Å². The number of carbonyl (C=O) groups excluding carboxylic acids is 3. The number of amides is 2. The Balaban J connectivity index is 0.000000797. The number of aryl methyl sites for hydroxylation is 2. The summed E-state index contributed by atoms with van der Waals surface area (Å²) in [5.74, 6) is 0.213. The summed E-state index contributed by atoms with van der Waals surface area (Å²) in [7, 11) is 1.92. The average Bonchev–Trinajstić information content (AvgIpc) is 3.01. The number of aldehydes is 1. The number of hydrogen-bond acceptors (Lipinski definition) is 5. The number of carbonyl (C=O) groups is 3. The van der Waals surface area contributed by atoms with Crippen molar-refractivity contribution in [3.8, 4) is 0 Å². The van der Waals surface area contributed by atoms with Crippen molar-refractivity contribution in [2.75, 3.05) is 37.7 Å². The second kappa shape index (κ2) is 21.0. The Morgan fingerprint density at radius 2 is 1.70 bits per heavy atom. The third kappa shape index (κ3) is 11.7. The van der Waals surface area contributed by atoms with Crippen LogP contribution in [0.1, 0.15) is 87.9 Å². The van der Waals surface area contributed by atoms with Crippen molar-refractivity contribution < 1.29 is 14.4 Å². The molecule has 0 aromatic heterocycles. The fourth-order valence-corrected chi connectivity index (χ4v) is 4.99. The largest absolute Gasteiger partial charge is 0.398 e. The highest BCUT2D eigenvalue weighted by molar-refractivity contribution is 9.10. The number of nitrogens with zero attached hydrogens (tertiary/aromatic N) is 2.